The maximum atomic E-state index is 12.1. The van der Waals surface area contributed by atoms with Crippen LogP contribution in [0.4, 0.5) is 11.4 Å². The average Bonchev–Trinajstić information content (AvgIpc) is 3.98. The van der Waals surface area contributed by atoms with E-state index in [1.54, 1.807) is 17.4 Å². The first kappa shape index (κ1) is 60.0. The number of carbonyl (C=O) groups is 2. The Hall–Kier alpha value is -6.16. The summed E-state index contributed by atoms with van der Waals surface area (Å²) in [5.74, 6) is 2.04. The lowest BCUT2D eigenvalue weighted by atomic mass is 9.87. The van der Waals surface area contributed by atoms with Crippen LogP contribution in [-0.4, -0.2) is 176 Å². The Kier molecular flexibility index (Phi) is 17.9. The number of aryl methyl sites for hydroxylation is 1. The highest BCUT2D eigenvalue weighted by atomic mass is 35.5. The van der Waals surface area contributed by atoms with Gasteiger partial charge in [0.2, 0.25) is 21.8 Å². The van der Waals surface area contributed by atoms with E-state index >= 15 is 0 Å². The molecule has 0 bridgehead atoms. The van der Waals surface area contributed by atoms with E-state index < -0.39 is 15.6 Å². The average molecular weight is 1210 g/mol. The molecule has 0 spiro atoms. The minimum absolute atomic E-state index is 0.113. The van der Waals surface area contributed by atoms with Crippen molar-refractivity contribution in [3.63, 3.8) is 0 Å². The fourth-order valence-electron chi connectivity index (χ4n) is 12.2. The van der Waals surface area contributed by atoms with Crippen LogP contribution in [0, 0.1) is 5.92 Å². The Morgan fingerprint density at radius 2 is 1.10 bits per heavy atom. The third kappa shape index (κ3) is 13.8. The van der Waals surface area contributed by atoms with Gasteiger partial charge in [-0.25, -0.2) is 8.42 Å². The quantitative estimate of drug-likeness (QED) is 0.112. The Morgan fingerprint density at radius 1 is 0.602 bits per heavy atom. The highest BCUT2D eigenvalue weighted by Crippen LogP contribution is 2.39. The number of ether oxygens (including phenoxy) is 1. The standard InChI is InChI=1S/C16H18ClN3O.C16H24N4O2S.C14H19ClN4.C14H16ClN3O2/c17-12-7-13(14-9-18-19-15(14)8-12)10-3-5-20(6-4-10)16(21)11-1-2-11;1-5-12-8-14-13(10-17-18-14)15(9-12)19-6-7-20(23(4,21)22)16(2,3)11-19;1-14(2)9-19(5-4-18(14)3)13-7-10(15)6-12-11(13)8-16-17-12;1-9(19)18-4-2-11(3-5-18)20-14-7-10(15)6-13-12(14)8-16-17-13/h7-11H,1-6H2,(H,18,19);8-10H,5-7,11H2,1-4H3,(H,17,18);6-8H,4-5,9H2,1-3H3,(H,16,17);6-8,11H,2-5H2,1H3,(H,16,17). The summed E-state index contributed by atoms with van der Waals surface area (Å²) >= 11 is 18.5. The number of H-pyrrole nitrogens is 4. The van der Waals surface area contributed by atoms with Crippen molar-refractivity contribution < 1.29 is 22.7 Å². The van der Waals surface area contributed by atoms with Crippen molar-refractivity contribution in [2.45, 2.75) is 110 Å². The van der Waals surface area contributed by atoms with Crippen LogP contribution in [0.3, 0.4) is 0 Å². The van der Waals surface area contributed by atoms with Gasteiger partial charge in [-0.05, 0) is 132 Å². The molecule has 8 aromatic rings. The van der Waals surface area contributed by atoms with E-state index in [1.807, 2.05) is 72.6 Å². The number of benzene rings is 4. The van der Waals surface area contributed by atoms with E-state index in [4.69, 9.17) is 39.5 Å². The molecular weight excluding hydrogens is 1140 g/mol. The van der Waals surface area contributed by atoms with E-state index in [1.165, 1.54) is 23.1 Å². The summed E-state index contributed by atoms with van der Waals surface area (Å²) in [5, 5.41) is 34.8. The Balaban J connectivity index is 0.000000124. The number of sulfonamides is 1. The number of aromatic nitrogens is 8. The van der Waals surface area contributed by atoms with E-state index in [2.05, 4.69) is 102 Å². The number of piperazine rings is 2. The van der Waals surface area contributed by atoms with Gasteiger partial charge >= 0.3 is 0 Å². The number of rotatable bonds is 8. The lowest BCUT2D eigenvalue weighted by Crippen LogP contribution is -2.60. The number of fused-ring (bicyclic) bond motifs is 4. The van der Waals surface area contributed by atoms with Crippen molar-refractivity contribution in [3.8, 4) is 5.75 Å². The number of likely N-dealkylation sites (N-methyl/N-ethyl adjacent to an activating group) is 1. The molecule has 5 aliphatic rings. The molecule has 23 heteroatoms. The first-order valence-electron chi connectivity index (χ1n) is 28.8. The van der Waals surface area contributed by atoms with Crippen LogP contribution in [0.15, 0.2) is 73.3 Å². The summed E-state index contributed by atoms with van der Waals surface area (Å²) in [6.45, 7) is 20.4. The van der Waals surface area contributed by atoms with E-state index in [9.17, 15) is 18.0 Å². The zero-order chi connectivity index (χ0) is 59.0. The lowest BCUT2D eigenvalue weighted by Gasteiger charge is -2.46. The predicted octanol–water partition coefficient (Wildman–Crippen LogP) is 10.7. The molecule has 0 unspecified atom stereocenters. The van der Waals surface area contributed by atoms with Crippen LogP contribution >= 0.6 is 34.8 Å². The fraction of sp³-hybridized carbons (Fsp3) is 0.500. The maximum Gasteiger partial charge on any atom is 0.225 e. The summed E-state index contributed by atoms with van der Waals surface area (Å²) < 4.78 is 31.7. The predicted molar refractivity (Wildman–Crippen MR) is 333 cm³/mol. The first-order chi connectivity index (χ1) is 39.5. The molecule has 0 atom stereocenters. The number of carbonyl (C=O) groups excluding carboxylic acids is 2. The first-order valence-corrected chi connectivity index (χ1v) is 31.8. The maximum absolute atomic E-state index is 12.1. The second-order valence-corrected chi connectivity index (χ2v) is 27.3. The Labute approximate surface area is 500 Å². The molecule has 13 rings (SSSR count). The largest absolute Gasteiger partial charge is 0.489 e. The molecule has 444 valence electrons. The van der Waals surface area contributed by atoms with E-state index in [0.717, 1.165) is 156 Å². The fourth-order valence-corrected chi connectivity index (χ4v) is 14.2. The number of piperidine rings is 2. The number of hydrogen-bond donors (Lipinski definition) is 4. The van der Waals surface area contributed by atoms with Gasteiger partial charge in [-0.3, -0.25) is 34.9 Å². The van der Waals surface area contributed by atoms with Gasteiger partial charge in [-0.2, -0.15) is 24.7 Å². The SMILES string of the molecule is CC(=O)N1CCC(Oc2cc(Cl)cc3[nH]ncc23)CC1.CCc1cc(N2CCN(S(C)(=O)=O)C(C)(C)C2)c2cn[nH]c2c1.CN1CCN(c2cc(Cl)cc3[nH]ncc23)CC1(C)C.O=C(C1CC1)N1CCC(c2cc(Cl)cc3[nH]ncc23)CC1. The number of nitrogens with zero attached hydrogens (tertiary/aromatic N) is 10. The van der Waals surface area contributed by atoms with Crippen molar-refractivity contribution >= 4 is 112 Å². The molecule has 83 heavy (non-hydrogen) atoms. The van der Waals surface area contributed by atoms with Crippen LogP contribution in [0.5, 0.6) is 5.75 Å². The van der Waals surface area contributed by atoms with Crippen LogP contribution in [0.2, 0.25) is 15.1 Å². The number of nitrogens with one attached hydrogen (secondary N) is 4. The molecule has 2 amide bonds. The molecule has 19 nitrogen and oxygen atoms in total. The normalized spacial score (nSPS) is 19.1. The molecule has 0 radical (unpaired) electrons. The van der Waals surface area contributed by atoms with Crippen LogP contribution in [-0.2, 0) is 26.0 Å². The van der Waals surface area contributed by atoms with E-state index in [-0.39, 0.29) is 17.6 Å². The summed E-state index contributed by atoms with van der Waals surface area (Å²) in [6, 6.07) is 15.9. The van der Waals surface area contributed by atoms with E-state index in [0.29, 0.717) is 42.4 Å². The molecule has 1 aliphatic carbocycles. The highest BCUT2D eigenvalue weighted by Gasteiger charge is 2.40. The zero-order valence-electron chi connectivity index (χ0n) is 48.7. The summed E-state index contributed by atoms with van der Waals surface area (Å²) in [4.78, 5) is 34.4. The van der Waals surface area contributed by atoms with Gasteiger partial charge in [0.15, 0.2) is 0 Å². The van der Waals surface area contributed by atoms with Crippen molar-refractivity contribution in [2.75, 3.05) is 88.6 Å². The van der Waals surface area contributed by atoms with Gasteiger partial charge in [0, 0.05) is 145 Å². The molecule has 4 aromatic carbocycles. The minimum Gasteiger partial charge on any atom is -0.489 e. The monoisotopic (exact) mass is 1210 g/mol. The van der Waals surface area contributed by atoms with Gasteiger partial charge < -0.3 is 24.3 Å². The Morgan fingerprint density at radius 3 is 1.65 bits per heavy atom. The summed E-state index contributed by atoms with van der Waals surface area (Å²) in [6.07, 6.45) is 15.6. The molecule has 5 fully saturated rings. The third-order valence-corrected chi connectivity index (χ3v) is 19.3. The number of anilines is 2. The van der Waals surface area contributed by atoms with Crippen LogP contribution in [0.1, 0.15) is 97.1 Å². The van der Waals surface area contributed by atoms with Crippen molar-refractivity contribution in [2.24, 2.45) is 5.92 Å². The van der Waals surface area contributed by atoms with Crippen molar-refractivity contribution in [1.82, 2.24) is 59.8 Å². The van der Waals surface area contributed by atoms with Crippen LogP contribution < -0.4 is 14.5 Å². The smallest absolute Gasteiger partial charge is 0.225 e. The second kappa shape index (κ2) is 24.8. The molecule has 1 saturated carbocycles. The minimum atomic E-state index is -3.20. The summed E-state index contributed by atoms with van der Waals surface area (Å²) in [7, 11) is -1.01. The number of likely N-dealkylation sites (tertiary alicyclic amines) is 2. The molecule has 4 N–H and O–H groups in total. The number of aromatic amines is 4. The van der Waals surface area contributed by atoms with Crippen molar-refractivity contribution in [3.05, 3.63) is 99.5 Å². The molecule has 8 heterocycles. The lowest BCUT2D eigenvalue weighted by molar-refractivity contribution is -0.133. The van der Waals surface area contributed by atoms with Gasteiger partial charge in [0.1, 0.15) is 11.9 Å². The zero-order valence-corrected chi connectivity index (χ0v) is 51.8. The van der Waals surface area contributed by atoms with Gasteiger partial charge in [0.05, 0.1) is 58.5 Å². The topological polar surface area (TPSA) is 212 Å². The highest BCUT2D eigenvalue weighted by molar-refractivity contribution is 7.88. The molecule has 4 aliphatic heterocycles. The molecular formula is C60H77Cl3N14O5S. The number of hydrogen-bond acceptors (Lipinski definition) is 12. The molecule has 4 saturated heterocycles. The Bertz CT molecular complexity index is 3710. The van der Waals surface area contributed by atoms with Gasteiger partial charge in [-0.1, -0.05) is 41.7 Å². The van der Waals surface area contributed by atoms with Gasteiger partial charge in [0.25, 0.3) is 0 Å². The number of halogens is 3. The van der Waals surface area contributed by atoms with Gasteiger partial charge in [-0.15, -0.1) is 0 Å². The van der Waals surface area contributed by atoms with Crippen molar-refractivity contribution in [1.29, 1.82) is 0 Å². The molecule has 4 aromatic heterocycles. The third-order valence-electron chi connectivity index (χ3n) is 17.1. The summed E-state index contributed by atoms with van der Waals surface area (Å²) in [5.41, 5.74) is 8.45. The number of amides is 2. The van der Waals surface area contributed by atoms with Crippen LogP contribution in [0.25, 0.3) is 43.6 Å². The second-order valence-electron chi connectivity index (χ2n) is 24.0.